The molecule has 1 saturated carbocycles. The first-order chi connectivity index (χ1) is 10.0. The van der Waals surface area contributed by atoms with Crippen molar-refractivity contribution in [2.75, 3.05) is 6.61 Å². The minimum atomic E-state index is -0.750. The Hall–Kier alpha value is -1.72. The quantitative estimate of drug-likeness (QED) is 0.780. The van der Waals surface area contributed by atoms with Crippen molar-refractivity contribution < 1.29 is 19.0 Å². The fourth-order valence-corrected chi connectivity index (χ4v) is 3.12. The molecule has 0 amide bonds. The Balaban J connectivity index is 1.57. The van der Waals surface area contributed by atoms with Gasteiger partial charge in [-0.2, -0.15) is 0 Å². The molecule has 1 aromatic rings. The third-order valence-electron chi connectivity index (χ3n) is 4.33. The van der Waals surface area contributed by atoms with Crippen LogP contribution in [0.5, 0.6) is 0 Å². The lowest BCUT2D eigenvalue weighted by Crippen LogP contribution is -2.28. The van der Waals surface area contributed by atoms with Gasteiger partial charge in [-0.05, 0) is 32.4 Å². The number of rotatable bonds is 2. The molecule has 110 valence electrons. The maximum Gasteiger partial charge on any atom is 0.341 e. The molecule has 4 rings (SSSR count). The summed E-state index contributed by atoms with van der Waals surface area (Å²) in [7, 11) is 0. The van der Waals surface area contributed by atoms with E-state index in [1.165, 1.54) is 0 Å². The van der Waals surface area contributed by atoms with Crippen molar-refractivity contribution in [2.24, 2.45) is 10.9 Å². The van der Waals surface area contributed by atoms with Crippen LogP contribution in [0.25, 0.3) is 0 Å². The maximum absolute atomic E-state index is 12.2. The zero-order valence-corrected chi connectivity index (χ0v) is 12.0. The van der Waals surface area contributed by atoms with Crippen LogP contribution in [0, 0.1) is 5.92 Å². The van der Waals surface area contributed by atoms with Crippen LogP contribution in [-0.2, 0) is 19.0 Å². The number of ether oxygens (including phenoxy) is 3. The molecule has 2 heterocycles. The molecule has 5 heteroatoms. The van der Waals surface area contributed by atoms with Crippen molar-refractivity contribution in [1.29, 1.82) is 0 Å². The average molecular weight is 287 g/mol. The number of nitrogens with zero attached hydrogens (tertiary/aromatic N) is 1. The van der Waals surface area contributed by atoms with E-state index in [2.05, 4.69) is 4.99 Å². The lowest BCUT2D eigenvalue weighted by atomic mass is 10.1. The highest BCUT2D eigenvalue weighted by molar-refractivity contribution is 6.09. The minimum Gasteiger partial charge on any atom is -0.405 e. The predicted octanol–water partition coefficient (Wildman–Crippen LogP) is 1.90. The van der Waals surface area contributed by atoms with Gasteiger partial charge in [-0.15, -0.1) is 0 Å². The molecule has 0 N–H and O–H groups in total. The highest BCUT2D eigenvalue weighted by Crippen LogP contribution is 2.55. The second-order valence-corrected chi connectivity index (χ2v) is 6.27. The smallest absolute Gasteiger partial charge is 0.341 e. The molecule has 2 fully saturated rings. The van der Waals surface area contributed by atoms with Crippen LogP contribution < -0.4 is 0 Å². The summed E-state index contributed by atoms with van der Waals surface area (Å²) in [5.74, 6) is -0.378. The topological polar surface area (TPSA) is 57.1 Å². The number of carbonyl (C=O) groups excluding carboxylic acids is 1. The van der Waals surface area contributed by atoms with Gasteiger partial charge in [-0.3, -0.25) is 0 Å². The fraction of sp³-hybridized carbons (Fsp3) is 0.500. The Morgan fingerprint density at radius 3 is 2.67 bits per heavy atom. The van der Waals surface area contributed by atoms with Crippen molar-refractivity contribution in [3.8, 4) is 0 Å². The summed E-state index contributed by atoms with van der Waals surface area (Å²) in [5.41, 5.74) is 0.0805. The van der Waals surface area contributed by atoms with Gasteiger partial charge in [0, 0.05) is 11.5 Å². The summed E-state index contributed by atoms with van der Waals surface area (Å²) in [6.45, 7) is 4.27. The molecule has 1 spiro atoms. The van der Waals surface area contributed by atoms with E-state index in [0.29, 0.717) is 18.9 Å². The van der Waals surface area contributed by atoms with Crippen molar-refractivity contribution in [1.82, 2.24) is 0 Å². The van der Waals surface area contributed by atoms with Crippen LogP contribution in [0.4, 0.5) is 0 Å². The van der Waals surface area contributed by atoms with Gasteiger partial charge in [0.2, 0.25) is 5.90 Å². The second kappa shape index (κ2) is 4.15. The fourth-order valence-electron chi connectivity index (χ4n) is 3.12. The SMILES string of the molecule is CC1(C)OC[C@H]([C@@H]2C[C@]23N=C(c2ccccc2)OC3=O)O1. The van der Waals surface area contributed by atoms with Crippen LogP contribution in [0.1, 0.15) is 25.8 Å². The van der Waals surface area contributed by atoms with E-state index in [0.717, 1.165) is 5.56 Å². The maximum atomic E-state index is 12.2. The van der Waals surface area contributed by atoms with Gasteiger partial charge in [-0.25, -0.2) is 9.79 Å². The molecule has 1 aliphatic carbocycles. The molecule has 21 heavy (non-hydrogen) atoms. The van der Waals surface area contributed by atoms with E-state index in [1.807, 2.05) is 44.2 Å². The molecular formula is C16H17NO4. The first-order valence-electron chi connectivity index (χ1n) is 7.19. The molecule has 0 radical (unpaired) electrons. The van der Waals surface area contributed by atoms with Crippen LogP contribution in [-0.4, -0.2) is 35.9 Å². The number of esters is 1. The normalized spacial score (nSPS) is 36.7. The Kier molecular flexibility index (Phi) is 2.56. The van der Waals surface area contributed by atoms with E-state index in [-0.39, 0.29) is 18.0 Å². The van der Waals surface area contributed by atoms with Crippen LogP contribution in [0.15, 0.2) is 35.3 Å². The molecule has 1 saturated heterocycles. The molecule has 1 aromatic carbocycles. The molecule has 3 aliphatic rings. The van der Waals surface area contributed by atoms with Crippen LogP contribution >= 0.6 is 0 Å². The molecule has 0 unspecified atom stereocenters. The van der Waals surface area contributed by atoms with Gasteiger partial charge in [0.15, 0.2) is 11.3 Å². The standard InChI is InChI=1S/C16H17NO4/c1-15(2)19-9-12(21-15)11-8-16(11)14(18)20-13(17-16)10-6-4-3-5-7-10/h3-7,11-12H,8-9H2,1-2H3/t11-,12+,16-/m0/s1. The highest BCUT2D eigenvalue weighted by atomic mass is 16.7. The monoisotopic (exact) mass is 287 g/mol. The van der Waals surface area contributed by atoms with Gasteiger partial charge in [-0.1, -0.05) is 18.2 Å². The second-order valence-electron chi connectivity index (χ2n) is 6.27. The summed E-state index contributed by atoms with van der Waals surface area (Å²) in [4.78, 5) is 16.8. The Morgan fingerprint density at radius 2 is 2.00 bits per heavy atom. The lowest BCUT2D eigenvalue weighted by Gasteiger charge is -2.17. The van der Waals surface area contributed by atoms with E-state index < -0.39 is 11.3 Å². The summed E-state index contributed by atoms with van der Waals surface area (Å²) in [5, 5.41) is 0. The van der Waals surface area contributed by atoms with Gasteiger partial charge in [0.1, 0.15) is 0 Å². The average Bonchev–Trinajstić information content (AvgIpc) is 2.94. The number of cyclic esters (lactones) is 1. The van der Waals surface area contributed by atoms with Gasteiger partial charge < -0.3 is 14.2 Å². The first-order valence-corrected chi connectivity index (χ1v) is 7.19. The van der Waals surface area contributed by atoms with Gasteiger partial charge in [0.05, 0.1) is 12.7 Å². The Morgan fingerprint density at radius 1 is 1.24 bits per heavy atom. The van der Waals surface area contributed by atoms with Gasteiger partial charge in [0.25, 0.3) is 0 Å². The van der Waals surface area contributed by atoms with E-state index >= 15 is 0 Å². The first kappa shape index (κ1) is 13.0. The zero-order valence-electron chi connectivity index (χ0n) is 12.0. The van der Waals surface area contributed by atoms with Crippen LogP contribution in [0.3, 0.4) is 0 Å². The van der Waals surface area contributed by atoms with Crippen molar-refractivity contribution >= 4 is 11.9 Å². The number of aliphatic imine (C=N–C) groups is 1. The van der Waals surface area contributed by atoms with Crippen molar-refractivity contribution in [3.05, 3.63) is 35.9 Å². The van der Waals surface area contributed by atoms with Crippen molar-refractivity contribution in [2.45, 2.75) is 37.7 Å². The Labute approximate surface area is 122 Å². The van der Waals surface area contributed by atoms with Crippen LogP contribution in [0.2, 0.25) is 0 Å². The lowest BCUT2D eigenvalue weighted by molar-refractivity contribution is -0.144. The zero-order chi connectivity index (χ0) is 14.7. The largest absolute Gasteiger partial charge is 0.405 e. The number of hydrogen-bond acceptors (Lipinski definition) is 5. The summed E-state index contributed by atoms with van der Waals surface area (Å²) in [6.07, 6.45) is 0.582. The van der Waals surface area contributed by atoms with E-state index in [9.17, 15) is 4.79 Å². The molecular weight excluding hydrogens is 270 g/mol. The predicted molar refractivity (Wildman–Crippen MR) is 74.8 cm³/mol. The molecule has 3 atom stereocenters. The molecule has 2 aliphatic heterocycles. The number of benzene rings is 1. The van der Waals surface area contributed by atoms with Gasteiger partial charge >= 0.3 is 5.97 Å². The third-order valence-corrected chi connectivity index (χ3v) is 4.33. The molecule has 5 nitrogen and oxygen atoms in total. The third kappa shape index (κ3) is 2.00. The van der Waals surface area contributed by atoms with E-state index in [1.54, 1.807) is 0 Å². The summed E-state index contributed by atoms with van der Waals surface area (Å²) < 4.78 is 16.8. The molecule has 0 aromatic heterocycles. The van der Waals surface area contributed by atoms with E-state index in [4.69, 9.17) is 14.2 Å². The van der Waals surface area contributed by atoms with Crippen molar-refractivity contribution in [3.63, 3.8) is 0 Å². The Bertz CT molecular complexity index is 624. The summed E-state index contributed by atoms with van der Waals surface area (Å²) >= 11 is 0. The highest BCUT2D eigenvalue weighted by Gasteiger charge is 2.69. The minimum absolute atomic E-state index is 0.0491. The number of carbonyl (C=O) groups is 1. The number of hydrogen-bond donors (Lipinski definition) is 0. The molecule has 0 bridgehead atoms. The summed E-state index contributed by atoms with van der Waals surface area (Å²) in [6, 6.07) is 9.50.